The molecule has 0 unspecified atom stereocenters. The van der Waals surface area contributed by atoms with Crippen molar-refractivity contribution in [2.45, 2.75) is 52.3 Å². The van der Waals surface area contributed by atoms with Gasteiger partial charge in [0.2, 0.25) is 0 Å². The van der Waals surface area contributed by atoms with Crippen LogP contribution < -0.4 is 16.4 Å². The van der Waals surface area contributed by atoms with Crippen molar-refractivity contribution in [3.63, 3.8) is 0 Å². The van der Waals surface area contributed by atoms with Crippen molar-refractivity contribution >= 4 is 11.8 Å². The summed E-state index contributed by atoms with van der Waals surface area (Å²) in [6.07, 6.45) is -0.488. The lowest BCUT2D eigenvalue weighted by molar-refractivity contribution is 0.0438. The maximum absolute atomic E-state index is 13.3. The molecule has 1 rings (SSSR count). The molecule has 0 bridgehead atoms. The van der Waals surface area contributed by atoms with Gasteiger partial charge in [0.25, 0.3) is 0 Å². The molecule has 0 saturated heterocycles. The highest BCUT2D eigenvalue weighted by molar-refractivity contribution is 5.68. The number of carbonyl (C=O) groups is 1. The molecule has 4 N–H and O–H groups in total. The van der Waals surface area contributed by atoms with Crippen molar-refractivity contribution in [3.8, 4) is 0 Å². The smallest absolute Gasteiger partial charge is 0.408 e. The van der Waals surface area contributed by atoms with Crippen LogP contribution in [0.5, 0.6) is 0 Å². The molecule has 0 spiro atoms. The Labute approximate surface area is 131 Å². The fourth-order valence-corrected chi connectivity index (χ4v) is 1.82. The Morgan fingerprint density at radius 2 is 1.91 bits per heavy atom. The average molecular weight is 311 g/mol. The maximum Gasteiger partial charge on any atom is 0.408 e. The number of amides is 1. The predicted octanol–water partition coefficient (Wildman–Crippen LogP) is 3.00. The Bertz CT molecular complexity index is 525. The van der Waals surface area contributed by atoms with E-state index >= 15 is 0 Å². The van der Waals surface area contributed by atoms with E-state index < -0.39 is 11.7 Å². The molecule has 0 aromatic heterocycles. The molecule has 0 atom stereocenters. The van der Waals surface area contributed by atoms with Crippen molar-refractivity contribution in [1.82, 2.24) is 5.32 Å². The Kier molecular flexibility index (Phi) is 5.77. The molecule has 1 amide bonds. The number of carbonyl (C=O) groups excluding carboxylic acids is 1. The van der Waals surface area contributed by atoms with Crippen LogP contribution in [0.3, 0.4) is 0 Å². The molecule has 0 aliphatic carbocycles. The highest BCUT2D eigenvalue weighted by Crippen LogP contribution is 2.19. The van der Waals surface area contributed by atoms with Gasteiger partial charge in [0.05, 0.1) is 6.54 Å². The topological polar surface area (TPSA) is 76.4 Å². The van der Waals surface area contributed by atoms with E-state index in [1.165, 1.54) is 12.1 Å². The van der Waals surface area contributed by atoms with E-state index in [0.29, 0.717) is 18.8 Å². The van der Waals surface area contributed by atoms with Gasteiger partial charge in [-0.25, -0.2) is 9.18 Å². The minimum Gasteiger partial charge on any atom is -0.442 e. The molecule has 0 aliphatic rings. The van der Waals surface area contributed by atoms with Crippen LogP contribution in [0, 0.1) is 5.82 Å². The normalized spacial score (nSPS) is 12.0. The SMILES string of the molecule is CC(C)(C)NC(=O)OC(C)(C)CNc1cc(F)ccc1CN. The molecule has 1 aromatic carbocycles. The van der Waals surface area contributed by atoms with Crippen LogP contribution in [0.1, 0.15) is 40.2 Å². The van der Waals surface area contributed by atoms with Crippen LogP contribution in [0.25, 0.3) is 0 Å². The monoisotopic (exact) mass is 311 g/mol. The van der Waals surface area contributed by atoms with Crippen molar-refractivity contribution in [3.05, 3.63) is 29.6 Å². The van der Waals surface area contributed by atoms with Crippen molar-refractivity contribution in [1.29, 1.82) is 0 Å². The van der Waals surface area contributed by atoms with Gasteiger partial charge in [0, 0.05) is 17.8 Å². The van der Waals surface area contributed by atoms with E-state index in [0.717, 1.165) is 5.56 Å². The minimum absolute atomic E-state index is 0.300. The summed E-state index contributed by atoms with van der Waals surface area (Å²) in [5, 5.41) is 5.82. The first kappa shape index (κ1) is 18.2. The number of nitrogens with one attached hydrogen (secondary N) is 2. The molecule has 0 radical (unpaired) electrons. The fraction of sp³-hybridized carbons (Fsp3) is 0.562. The maximum atomic E-state index is 13.3. The Hall–Kier alpha value is -1.82. The lowest BCUT2D eigenvalue weighted by Crippen LogP contribution is -2.46. The molecule has 124 valence electrons. The van der Waals surface area contributed by atoms with E-state index in [1.807, 2.05) is 20.8 Å². The summed E-state index contributed by atoms with van der Waals surface area (Å²) in [4.78, 5) is 11.8. The van der Waals surface area contributed by atoms with Gasteiger partial charge in [-0.3, -0.25) is 0 Å². The molecule has 0 heterocycles. The van der Waals surface area contributed by atoms with Crippen molar-refractivity contribution < 1.29 is 13.9 Å². The molecule has 0 fully saturated rings. The number of nitrogens with two attached hydrogens (primary N) is 1. The molecule has 22 heavy (non-hydrogen) atoms. The first-order valence-electron chi connectivity index (χ1n) is 7.26. The van der Waals surface area contributed by atoms with Crippen molar-refractivity contribution in [2.75, 3.05) is 11.9 Å². The van der Waals surface area contributed by atoms with Gasteiger partial charge in [-0.15, -0.1) is 0 Å². The summed E-state index contributed by atoms with van der Waals surface area (Å²) in [7, 11) is 0. The first-order chi connectivity index (χ1) is 10.0. The molecule has 0 saturated carbocycles. The predicted molar refractivity (Wildman–Crippen MR) is 86.2 cm³/mol. The number of rotatable bonds is 5. The van der Waals surface area contributed by atoms with E-state index in [1.54, 1.807) is 19.9 Å². The summed E-state index contributed by atoms with van der Waals surface area (Å²) in [6, 6.07) is 4.39. The third kappa shape index (κ3) is 6.30. The fourth-order valence-electron chi connectivity index (χ4n) is 1.82. The number of hydrogen-bond donors (Lipinski definition) is 3. The summed E-state index contributed by atoms with van der Waals surface area (Å²) in [5.74, 6) is -0.344. The standard InChI is InChI=1S/C16H26FN3O2/c1-15(2,3)20-14(21)22-16(4,5)10-19-13-8-12(17)7-6-11(13)9-18/h6-8,19H,9-10,18H2,1-5H3,(H,20,21). The van der Waals surface area contributed by atoms with Crippen LogP contribution >= 0.6 is 0 Å². The number of alkyl carbamates (subject to hydrolysis) is 1. The van der Waals surface area contributed by atoms with Gasteiger partial charge in [0.15, 0.2) is 0 Å². The first-order valence-corrected chi connectivity index (χ1v) is 7.26. The highest BCUT2D eigenvalue weighted by atomic mass is 19.1. The van der Waals surface area contributed by atoms with Crippen LogP contribution in [-0.4, -0.2) is 23.8 Å². The van der Waals surface area contributed by atoms with E-state index in [9.17, 15) is 9.18 Å². The lowest BCUT2D eigenvalue weighted by Gasteiger charge is -2.29. The van der Waals surface area contributed by atoms with Gasteiger partial charge in [0.1, 0.15) is 11.4 Å². The third-order valence-electron chi connectivity index (χ3n) is 2.84. The molecule has 1 aromatic rings. The summed E-state index contributed by atoms with van der Waals surface area (Å²) >= 11 is 0. The highest BCUT2D eigenvalue weighted by Gasteiger charge is 2.25. The largest absolute Gasteiger partial charge is 0.442 e. The summed E-state index contributed by atoms with van der Waals surface area (Å²) in [6.45, 7) is 9.82. The van der Waals surface area contributed by atoms with Crippen LogP contribution in [-0.2, 0) is 11.3 Å². The second-order valence-corrected chi connectivity index (χ2v) is 6.88. The van der Waals surface area contributed by atoms with E-state index in [4.69, 9.17) is 10.5 Å². The second kappa shape index (κ2) is 6.96. The number of halogens is 1. The van der Waals surface area contributed by atoms with Gasteiger partial charge in [-0.1, -0.05) is 6.07 Å². The van der Waals surface area contributed by atoms with Gasteiger partial charge in [-0.2, -0.15) is 0 Å². The van der Waals surface area contributed by atoms with Crippen LogP contribution in [0.15, 0.2) is 18.2 Å². The average Bonchev–Trinajstić information content (AvgIpc) is 2.33. The number of hydrogen-bond acceptors (Lipinski definition) is 4. The lowest BCUT2D eigenvalue weighted by atomic mass is 10.1. The molecule has 6 heteroatoms. The molecular weight excluding hydrogens is 285 g/mol. The number of ether oxygens (including phenoxy) is 1. The second-order valence-electron chi connectivity index (χ2n) is 6.88. The van der Waals surface area contributed by atoms with Gasteiger partial charge < -0.3 is 21.1 Å². The van der Waals surface area contributed by atoms with Crippen LogP contribution in [0.4, 0.5) is 14.9 Å². The Morgan fingerprint density at radius 1 is 1.27 bits per heavy atom. The third-order valence-corrected chi connectivity index (χ3v) is 2.84. The van der Waals surface area contributed by atoms with Crippen molar-refractivity contribution in [2.24, 2.45) is 5.73 Å². The number of benzene rings is 1. The Balaban J connectivity index is 2.66. The van der Waals surface area contributed by atoms with Crippen LogP contribution in [0.2, 0.25) is 0 Å². The zero-order valence-electron chi connectivity index (χ0n) is 13.9. The van der Waals surface area contributed by atoms with Gasteiger partial charge in [-0.05, 0) is 52.3 Å². The van der Waals surface area contributed by atoms with Gasteiger partial charge >= 0.3 is 6.09 Å². The quantitative estimate of drug-likeness (QED) is 0.781. The van der Waals surface area contributed by atoms with E-state index in [2.05, 4.69) is 10.6 Å². The zero-order valence-corrected chi connectivity index (χ0v) is 13.9. The molecular formula is C16H26FN3O2. The summed E-state index contributed by atoms with van der Waals surface area (Å²) < 4.78 is 18.7. The zero-order chi connectivity index (χ0) is 17.0. The molecule has 0 aliphatic heterocycles. The summed E-state index contributed by atoms with van der Waals surface area (Å²) in [5.41, 5.74) is 5.92. The minimum atomic E-state index is -0.756. The molecule has 5 nitrogen and oxygen atoms in total. The Morgan fingerprint density at radius 3 is 2.45 bits per heavy atom. The number of anilines is 1. The van der Waals surface area contributed by atoms with E-state index in [-0.39, 0.29) is 11.4 Å².